The van der Waals surface area contributed by atoms with Crippen molar-refractivity contribution in [3.05, 3.63) is 29.8 Å². The summed E-state index contributed by atoms with van der Waals surface area (Å²) in [6.45, 7) is 2.18. The van der Waals surface area contributed by atoms with E-state index in [9.17, 15) is 0 Å². The highest BCUT2D eigenvalue weighted by atomic mass is 14.8. The molecule has 0 aromatic heterocycles. The van der Waals surface area contributed by atoms with Crippen molar-refractivity contribution in [2.24, 2.45) is 0 Å². The Balaban J connectivity index is 2.68. The number of hydrogen-bond donors (Lipinski definition) is 1. The zero-order valence-electron chi connectivity index (χ0n) is 8.93. The highest BCUT2D eigenvalue weighted by Gasteiger charge is 1.93. The fourth-order valence-electron chi connectivity index (χ4n) is 1.23. The van der Waals surface area contributed by atoms with Gasteiger partial charge >= 0.3 is 0 Å². The van der Waals surface area contributed by atoms with E-state index in [1.165, 1.54) is 12.8 Å². The molecule has 14 heavy (non-hydrogen) atoms. The number of hydrogen-bond acceptors (Lipinski definition) is 1. The molecule has 0 aliphatic carbocycles. The maximum atomic E-state index is 3.19. The molecule has 0 heterocycles. The molecule has 1 N–H and O–H groups in total. The monoisotopic (exact) mass is 187 g/mol. The minimum Gasteiger partial charge on any atom is -0.387 e. The molecule has 1 nitrogen and oxygen atoms in total. The predicted octanol–water partition coefficient (Wildman–Crippen LogP) is 3.27. The van der Waals surface area contributed by atoms with Gasteiger partial charge in [-0.2, -0.15) is 0 Å². The third-order valence-corrected chi connectivity index (χ3v) is 2.07. The molecule has 0 saturated carbocycles. The number of unbranched alkanes of at least 4 members (excludes halogenated alkanes) is 2. The maximum Gasteiger partial charge on any atom is 0.0496 e. The minimum absolute atomic E-state index is 0.995. The number of benzene rings is 1. The summed E-state index contributed by atoms with van der Waals surface area (Å²) in [6.07, 6.45) is 3.39. The first kappa shape index (κ1) is 10.7. The molecule has 1 aromatic rings. The van der Waals surface area contributed by atoms with Crippen LogP contribution < -0.4 is 5.32 Å². The van der Waals surface area contributed by atoms with Crippen molar-refractivity contribution in [2.75, 3.05) is 12.4 Å². The van der Waals surface area contributed by atoms with E-state index in [1.54, 1.807) is 0 Å². The molecular formula is C13H17N. The van der Waals surface area contributed by atoms with Gasteiger partial charge in [-0.25, -0.2) is 0 Å². The van der Waals surface area contributed by atoms with Gasteiger partial charge in [-0.3, -0.25) is 0 Å². The zero-order chi connectivity index (χ0) is 10.2. The molecule has 0 saturated heterocycles. The molecule has 0 atom stereocenters. The highest BCUT2D eigenvalue weighted by Crippen LogP contribution is 2.12. The number of nitrogens with one attached hydrogen (secondary N) is 1. The fourth-order valence-corrected chi connectivity index (χ4v) is 1.23. The van der Waals surface area contributed by atoms with Gasteiger partial charge in [-0.05, 0) is 18.6 Å². The van der Waals surface area contributed by atoms with Gasteiger partial charge in [0.2, 0.25) is 0 Å². The average molecular weight is 187 g/mol. The molecule has 0 aliphatic heterocycles. The Morgan fingerprint density at radius 2 is 2.07 bits per heavy atom. The van der Waals surface area contributed by atoms with E-state index in [-0.39, 0.29) is 0 Å². The first-order valence-corrected chi connectivity index (χ1v) is 5.14. The van der Waals surface area contributed by atoms with Crippen molar-refractivity contribution in [1.29, 1.82) is 0 Å². The Hall–Kier alpha value is -1.42. The van der Waals surface area contributed by atoms with E-state index in [0.717, 1.165) is 17.7 Å². The molecule has 0 fully saturated rings. The smallest absolute Gasteiger partial charge is 0.0496 e. The van der Waals surface area contributed by atoms with Gasteiger partial charge in [0.1, 0.15) is 0 Å². The molecule has 1 heteroatoms. The fraction of sp³-hybridized carbons (Fsp3) is 0.385. The Morgan fingerprint density at radius 1 is 1.29 bits per heavy atom. The Labute approximate surface area is 86.5 Å². The highest BCUT2D eigenvalue weighted by molar-refractivity contribution is 5.58. The van der Waals surface area contributed by atoms with Crippen LogP contribution in [0.15, 0.2) is 24.3 Å². The molecule has 0 bridgehead atoms. The molecule has 0 spiro atoms. The van der Waals surface area contributed by atoms with E-state index < -0.39 is 0 Å². The molecule has 0 amide bonds. The van der Waals surface area contributed by atoms with Gasteiger partial charge < -0.3 is 5.32 Å². The molecular weight excluding hydrogens is 170 g/mol. The second kappa shape index (κ2) is 6.10. The van der Waals surface area contributed by atoms with Gasteiger partial charge in [0.25, 0.3) is 0 Å². The van der Waals surface area contributed by atoms with Gasteiger partial charge in [-0.1, -0.05) is 37.3 Å². The van der Waals surface area contributed by atoms with Crippen molar-refractivity contribution in [3.63, 3.8) is 0 Å². The van der Waals surface area contributed by atoms with Crippen LogP contribution >= 0.6 is 0 Å². The van der Waals surface area contributed by atoms with Crippen molar-refractivity contribution < 1.29 is 0 Å². The van der Waals surface area contributed by atoms with E-state index in [2.05, 4.69) is 24.1 Å². The van der Waals surface area contributed by atoms with Crippen LogP contribution in [-0.4, -0.2) is 7.05 Å². The lowest BCUT2D eigenvalue weighted by molar-refractivity contribution is 0.828. The lowest BCUT2D eigenvalue weighted by Gasteiger charge is -2.01. The standard InChI is InChI=1S/C13H17N/c1-3-4-5-6-9-12-10-7-8-11-13(12)14-2/h7-8,10-11,14H,3-5H2,1-2H3. The van der Waals surface area contributed by atoms with Crippen LogP contribution in [-0.2, 0) is 0 Å². The van der Waals surface area contributed by atoms with Crippen LogP contribution in [0.25, 0.3) is 0 Å². The molecule has 74 valence electrons. The Bertz CT molecular complexity index is 331. The maximum absolute atomic E-state index is 3.19. The number of rotatable bonds is 3. The summed E-state index contributed by atoms with van der Waals surface area (Å²) >= 11 is 0. The SMILES string of the molecule is CCCCC#Cc1ccccc1NC. The predicted molar refractivity (Wildman–Crippen MR) is 62.4 cm³/mol. The topological polar surface area (TPSA) is 12.0 Å². The van der Waals surface area contributed by atoms with Crippen molar-refractivity contribution in [3.8, 4) is 11.8 Å². The van der Waals surface area contributed by atoms with Gasteiger partial charge in [0.15, 0.2) is 0 Å². The van der Waals surface area contributed by atoms with Crippen molar-refractivity contribution in [1.82, 2.24) is 0 Å². The van der Waals surface area contributed by atoms with Crippen LogP contribution in [0.4, 0.5) is 5.69 Å². The molecule has 1 aromatic carbocycles. The van der Waals surface area contributed by atoms with Gasteiger partial charge in [-0.15, -0.1) is 0 Å². The molecule has 0 radical (unpaired) electrons. The Morgan fingerprint density at radius 3 is 2.79 bits per heavy atom. The summed E-state index contributed by atoms with van der Waals surface area (Å²) in [5.74, 6) is 6.37. The quantitative estimate of drug-likeness (QED) is 0.565. The van der Waals surface area contributed by atoms with Crippen LogP contribution in [0, 0.1) is 11.8 Å². The van der Waals surface area contributed by atoms with E-state index in [0.29, 0.717) is 0 Å². The second-order valence-electron chi connectivity index (χ2n) is 3.20. The summed E-state index contributed by atoms with van der Waals surface area (Å²) in [6, 6.07) is 8.13. The van der Waals surface area contributed by atoms with Crippen molar-refractivity contribution in [2.45, 2.75) is 26.2 Å². The zero-order valence-corrected chi connectivity index (χ0v) is 8.93. The van der Waals surface area contributed by atoms with Crippen LogP contribution in [0.2, 0.25) is 0 Å². The summed E-state index contributed by atoms with van der Waals surface area (Å²) in [5, 5.41) is 3.13. The third kappa shape index (κ3) is 3.14. The van der Waals surface area contributed by atoms with E-state index in [4.69, 9.17) is 0 Å². The summed E-state index contributed by atoms with van der Waals surface area (Å²) in [4.78, 5) is 0. The largest absolute Gasteiger partial charge is 0.387 e. The average Bonchev–Trinajstić information content (AvgIpc) is 2.25. The summed E-state index contributed by atoms with van der Waals surface area (Å²) in [5.41, 5.74) is 2.20. The molecule has 1 rings (SSSR count). The van der Waals surface area contributed by atoms with Crippen LogP contribution in [0.3, 0.4) is 0 Å². The Kier molecular flexibility index (Phi) is 4.64. The lowest BCUT2D eigenvalue weighted by atomic mass is 10.1. The lowest BCUT2D eigenvalue weighted by Crippen LogP contribution is -1.90. The van der Waals surface area contributed by atoms with Crippen LogP contribution in [0.1, 0.15) is 31.7 Å². The minimum atomic E-state index is 0.995. The van der Waals surface area contributed by atoms with Gasteiger partial charge in [0.05, 0.1) is 0 Å². The molecule has 0 unspecified atom stereocenters. The summed E-state index contributed by atoms with van der Waals surface area (Å²) in [7, 11) is 1.92. The molecule has 0 aliphatic rings. The third-order valence-electron chi connectivity index (χ3n) is 2.07. The van der Waals surface area contributed by atoms with Gasteiger partial charge in [0, 0.05) is 24.7 Å². The first-order valence-electron chi connectivity index (χ1n) is 5.14. The number of para-hydroxylation sites is 1. The first-order chi connectivity index (χ1) is 6.88. The summed E-state index contributed by atoms with van der Waals surface area (Å²) < 4.78 is 0. The van der Waals surface area contributed by atoms with E-state index >= 15 is 0 Å². The van der Waals surface area contributed by atoms with E-state index in [1.807, 2.05) is 31.3 Å². The van der Waals surface area contributed by atoms with Crippen molar-refractivity contribution >= 4 is 5.69 Å². The number of anilines is 1. The second-order valence-corrected chi connectivity index (χ2v) is 3.20. The van der Waals surface area contributed by atoms with Crippen LogP contribution in [0.5, 0.6) is 0 Å². The normalized spacial score (nSPS) is 9.00.